The fourth-order valence-electron chi connectivity index (χ4n) is 2.17. The topological polar surface area (TPSA) is 64.9 Å². The molecule has 4 heteroatoms. The van der Waals surface area contributed by atoms with Crippen LogP contribution >= 0.6 is 0 Å². The summed E-state index contributed by atoms with van der Waals surface area (Å²) < 4.78 is 5.67. The van der Waals surface area contributed by atoms with E-state index in [4.69, 9.17) is 10.2 Å². The molecule has 0 aliphatic carbocycles. The molecule has 2 heterocycles. The average molecular weight is 267 g/mol. The van der Waals surface area contributed by atoms with Gasteiger partial charge in [-0.15, -0.1) is 0 Å². The molecule has 3 aromatic rings. The molecule has 0 unspecified atom stereocenters. The maximum atomic E-state index is 5.67. The lowest BCUT2D eigenvalue weighted by Crippen LogP contribution is -2.02. The van der Waals surface area contributed by atoms with Crippen LogP contribution in [-0.2, 0) is 6.42 Å². The minimum absolute atomic E-state index is 0.525. The first-order valence-electron chi connectivity index (χ1n) is 6.70. The first kappa shape index (κ1) is 12.8. The molecule has 20 heavy (non-hydrogen) atoms. The van der Waals surface area contributed by atoms with Crippen LogP contribution in [0.4, 0.5) is 0 Å². The summed E-state index contributed by atoms with van der Waals surface area (Å²) in [6.07, 6.45) is 2.47. The summed E-state index contributed by atoms with van der Waals surface area (Å²) in [5, 5.41) is 0. The van der Waals surface area contributed by atoms with Gasteiger partial charge < -0.3 is 10.2 Å². The van der Waals surface area contributed by atoms with Gasteiger partial charge in [0, 0.05) is 24.7 Å². The summed E-state index contributed by atoms with van der Waals surface area (Å²) >= 11 is 0. The van der Waals surface area contributed by atoms with E-state index in [1.807, 2.05) is 12.3 Å². The molecule has 0 fully saturated rings. The van der Waals surface area contributed by atoms with Gasteiger partial charge in [0.2, 0.25) is 0 Å². The number of pyridine rings is 1. The van der Waals surface area contributed by atoms with Crippen molar-refractivity contribution in [3.63, 3.8) is 0 Å². The summed E-state index contributed by atoms with van der Waals surface area (Å²) in [5.74, 6) is 0.646. The minimum atomic E-state index is 0.525. The Morgan fingerprint density at radius 3 is 2.70 bits per heavy atom. The van der Waals surface area contributed by atoms with Crippen LogP contribution in [0.5, 0.6) is 0 Å². The van der Waals surface area contributed by atoms with Crippen molar-refractivity contribution in [2.45, 2.75) is 20.3 Å². The Morgan fingerprint density at radius 2 is 1.95 bits per heavy atom. The van der Waals surface area contributed by atoms with Gasteiger partial charge in [0.15, 0.2) is 17.1 Å². The van der Waals surface area contributed by atoms with Crippen LogP contribution in [0.2, 0.25) is 0 Å². The number of aryl methyl sites for hydroxylation is 2. The van der Waals surface area contributed by atoms with E-state index in [0.29, 0.717) is 30.1 Å². The zero-order valence-corrected chi connectivity index (χ0v) is 11.7. The van der Waals surface area contributed by atoms with E-state index in [9.17, 15) is 0 Å². The van der Waals surface area contributed by atoms with Gasteiger partial charge in [-0.05, 0) is 36.6 Å². The van der Waals surface area contributed by atoms with Crippen LogP contribution in [0.1, 0.15) is 17.0 Å². The number of hydrogen-bond donors (Lipinski definition) is 1. The molecular formula is C16H17N3O. The monoisotopic (exact) mass is 267 g/mol. The van der Waals surface area contributed by atoms with Gasteiger partial charge in [-0.1, -0.05) is 18.2 Å². The van der Waals surface area contributed by atoms with Gasteiger partial charge >= 0.3 is 0 Å². The molecule has 0 saturated heterocycles. The molecule has 0 aliphatic rings. The Morgan fingerprint density at radius 1 is 1.10 bits per heavy atom. The summed E-state index contributed by atoms with van der Waals surface area (Å²) in [4.78, 5) is 8.68. The lowest BCUT2D eigenvalue weighted by atomic mass is 10.0. The molecular weight excluding hydrogens is 250 g/mol. The number of nitrogens with zero attached hydrogens (tertiary/aromatic N) is 2. The first-order chi connectivity index (χ1) is 9.67. The van der Waals surface area contributed by atoms with Crippen molar-refractivity contribution in [2.75, 3.05) is 6.54 Å². The van der Waals surface area contributed by atoms with E-state index in [-0.39, 0.29) is 0 Å². The maximum absolute atomic E-state index is 5.67. The van der Waals surface area contributed by atoms with E-state index < -0.39 is 0 Å². The number of hydrogen-bond acceptors (Lipinski definition) is 4. The van der Waals surface area contributed by atoms with E-state index in [2.05, 4.69) is 42.0 Å². The van der Waals surface area contributed by atoms with Crippen molar-refractivity contribution < 1.29 is 4.42 Å². The second-order valence-corrected chi connectivity index (χ2v) is 4.99. The number of rotatable bonds is 3. The van der Waals surface area contributed by atoms with Crippen molar-refractivity contribution in [3.8, 4) is 11.1 Å². The molecule has 0 saturated carbocycles. The molecule has 0 spiro atoms. The van der Waals surface area contributed by atoms with E-state index in [1.165, 1.54) is 11.1 Å². The Balaban J connectivity index is 2.05. The third-order valence-electron chi connectivity index (χ3n) is 3.49. The van der Waals surface area contributed by atoms with Crippen LogP contribution in [0.15, 0.2) is 34.9 Å². The van der Waals surface area contributed by atoms with Crippen LogP contribution < -0.4 is 5.73 Å². The Bertz CT molecular complexity index is 762. The predicted octanol–water partition coefficient (Wildman–Crippen LogP) is 3.01. The van der Waals surface area contributed by atoms with Gasteiger partial charge in [-0.2, -0.15) is 4.98 Å². The van der Waals surface area contributed by atoms with Crippen LogP contribution in [0.3, 0.4) is 0 Å². The largest absolute Gasteiger partial charge is 0.439 e. The molecule has 4 nitrogen and oxygen atoms in total. The maximum Gasteiger partial charge on any atom is 0.198 e. The summed E-state index contributed by atoms with van der Waals surface area (Å²) in [6.45, 7) is 4.74. The summed E-state index contributed by atoms with van der Waals surface area (Å²) in [7, 11) is 0. The minimum Gasteiger partial charge on any atom is -0.439 e. The standard InChI is InChI=1S/C16H17N3O/c1-10-3-4-12(7-11(10)2)13-8-14-16(18-9-13)19-15(20-14)5-6-17/h3-4,7-9H,5-6,17H2,1-2H3. The van der Waals surface area contributed by atoms with E-state index in [1.54, 1.807) is 0 Å². The molecule has 102 valence electrons. The molecule has 3 rings (SSSR count). The smallest absolute Gasteiger partial charge is 0.198 e. The second kappa shape index (κ2) is 5.06. The molecule has 0 radical (unpaired) electrons. The lowest BCUT2D eigenvalue weighted by Gasteiger charge is -2.04. The zero-order chi connectivity index (χ0) is 14.1. The number of aromatic nitrogens is 2. The number of oxazole rings is 1. The third kappa shape index (κ3) is 2.30. The third-order valence-corrected chi connectivity index (χ3v) is 3.49. The highest BCUT2D eigenvalue weighted by atomic mass is 16.3. The molecule has 0 bridgehead atoms. The molecule has 2 aromatic heterocycles. The fourth-order valence-corrected chi connectivity index (χ4v) is 2.17. The number of fused-ring (bicyclic) bond motifs is 1. The molecule has 0 aliphatic heterocycles. The van der Waals surface area contributed by atoms with Crippen LogP contribution in [-0.4, -0.2) is 16.5 Å². The van der Waals surface area contributed by atoms with Crippen molar-refractivity contribution in [1.29, 1.82) is 0 Å². The molecule has 1 aromatic carbocycles. The van der Waals surface area contributed by atoms with Crippen LogP contribution in [0.25, 0.3) is 22.4 Å². The van der Waals surface area contributed by atoms with Crippen molar-refractivity contribution >= 4 is 11.2 Å². The quantitative estimate of drug-likeness (QED) is 0.792. The van der Waals surface area contributed by atoms with Gasteiger partial charge in [0.1, 0.15) is 0 Å². The SMILES string of the molecule is Cc1ccc(-c2cnc3nc(CCN)oc3c2)cc1C. The fraction of sp³-hybridized carbons (Fsp3) is 0.250. The number of nitrogens with two attached hydrogens (primary N) is 1. The lowest BCUT2D eigenvalue weighted by molar-refractivity contribution is 0.531. The summed E-state index contributed by atoms with van der Waals surface area (Å²) in [6, 6.07) is 8.37. The first-order valence-corrected chi connectivity index (χ1v) is 6.70. The highest BCUT2D eigenvalue weighted by Gasteiger charge is 2.08. The highest BCUT2D eigenvalue weighted by Crippen LogP contribution is 2.25. The van der Waals surface area contributed by atoms with Gasteiger partial charge in [0.05, 0.1) is 0 Å². The Hall–Kier alpha value is -2.20. The van der Waals surface area contributed by atoms with E-state index in [0.717, 1.165) is 11.1 Å². The van der Waals surface area contributed by atoms with E-state index >= 15 is 0 Å². The predicted molar refractivity (Wildman–Crippen MR) is 79.5 cm³/mol. The van der Waals surface area contributed by atoms with Gasteiger partial charge in [-0.3, -0.25) is 0 Å². The Kier molecular flexibility index (Phi) is 3.24. The van der Waals surface area contributed by atoms with Gasteiger partial charge in [0.25, 0.3) is 0 Å². The average Bonchev–Trinajstić information content (AvgIpc) is 2.83. The highest BCUT2D eigenvalue weighted by molar-refractivity contribution is 5.76. The zero-order valence-electron chi connectivity index (χ0n) is 11.7. The normalized spacial score (nSPS) is 11.2. The van der Waals surface area contributed by atoms with Crippen LogP contribution in [0, 0.1) is 13.8 Å². The second-order valence-electron chi connectivity index (χ2n) is 4.99. The van der Waals surface area contributed by atoms with Crippen molar-refractivity contribution in [3.05, 3.63) is 47.5 Å². The molecule has 0 atom stereocenters. The Labute approximate surface area is 117 Å². The summed E-state index contributed by atoms with van der Waals surface area (Å²) in [5.41, 5.74) is 11.6. The van der Waals surface area contributed by atoms with Crippen molar-refractivity contribution in [1.82, 2.24) is 9.97 Å². The number of benzene rings is 1. The van der Waals surface area contributed by atoms with Gasteiger partial charge in [-0.25, -0.2) is 4.98 Å². The molecule has 2 N–H and O–H groups in total. The van der Waals surface area contributed by atoms with Crippen molar-refractivity contribution in [2.24, 2.45) is 5.73 Å². The molecule has 0 amide bonds.